The minimum absolute atomic E-state index is 0. The summed E-state index contributed by atoms with van der Waals surface area (Å²) in [5.74, 6) is 1.48. The van der Waals surface area contributed by atoms with Gasteiger partial charge in [0.2, 0.25) is 0 Å². The number of benzene rings is 2. The summed E-state index contributed by atoms with van der Waals surface area (Å²) < 4.78 is 6.17. The summed E-state index contributed by atoms with van der Waals surface area (Å²) in [5.41, 5.74) is 10.5. The number of nitrogens with zero attached hydrogens (tertiary/aromatic N) is 3. The molecule has 4 aromatic heterocycles. The third kappa shape index (κ3) is 8.40. The minimum atomic E-state index is -1.34. The standard InChI is InChI=1S/C24H23N2O.C18H24NSi.Ir/c1-16-6-5-9-21-22(16)23-24(27-21)19(11-13-26-23)20-15-18(10-12-25-20)14-17-7-3-2-4-8-17;1-14(2)11-16-12-17(15-9-7-6-8-10-15)19-13-18(16)20(3,4)5;/h5-6,9-10,12-13,15,17H,2-4,7-8,14H2,1H3;6-9,12-14H,11H2,1-5H3;/q2*-1;. The van der Waals surface area contributed by atoms with E-state index in [1.807, 2.05) is 36.5 Å². The van der Waals surface area contributed by atoms with Crippen molar-refractivity contribution in [2.45, 2.75) is 85.4 Å². The number of hydrogen-bond donors (Lipinski definition) is 0. The molecule has 48 heavy (non-hydrogen) atoms. The number of aromatic nitrogens is 3. The van der Waals surface area contributed by atoms with Crippen LogP contribution < -0.4 is 5.19 Å². The molecule has 0 aliphatic heterocycles. The van der Waals surface area contributed by atoms with Crippen molar-refractivity contribution in [2.24, 2.45) is 11.8 Å². The van der Waals surface area contributed by atoms with Crippen LogP contribution in [0.1, 0.15) is 62.6 Å². The normalized spacial score (nSPS) is 13.7. The van der Waals surface area contributed by atoms with Crippen LogP contribution in [-0.2, 0) is 32.9 Å². The molecule has 1 fully saturated rings. The molecule has 251 valence electrons. The average Bonchev–Trinajstić information content (AvgIpc) is 3.45. The molecule has 0 spiro atoms. The van der Waals surface area contributed by atoms with E-state index in [4.69, 9.17) is 4.42 Å². The van der Waals surface area contributed by atoms with E-state index in [-0.39, 0.29) is 20.1 Å². The van der Waals surface area contributed by atoms with E-state index in [0.29, 0.717) is 5.92 Å². The van der Waals surface area contributed by atoms with E-state index in [1.54, 1.807) is 6.20 Å². The van der Waals surface area contributed by atoms with Gasteiger partial charge in [-0.1, -0.05) is 101 Å². The molecule has 0 bridgehead atoms. The first-order chi connectivity index (χ1) is 22.7. The summed E-state index contributed by atoms with van der Waals surface area (Å²) in [6.45, 7) is 13.8. The summed E-state index contributed by atoms with van der Waals surface area (Å²) in [6.07, 6.45) is 14.9. The fourth-order valence-electron chi connectivity index (χ4n) is 6.95. The molecule has 1 aliphatic carbocycles. The second kappa shape index (κ2) is 15.8. The number of aryl methyl sites for hydroxylation is 1. The molecule has 0 N–H and O–H groups in total. The third-order valence-electron chi connectivity index (χ3n) is 9.27. The Hall–Kier alpha value is -3.44. The molecule has 0 amide bonds. The summed E-state index contributed by atoms with van der Waals surface area (Å²) in [6, 6.07) is 27.4. The van der Waals surface area contributed by atoms with Gasteiger partial charge in [0.25, 0.3) is 0 Å². The molecule has 4 nitrogen and oxygen atoms in total. The Labute approximate surface area is 301 Å². The third-order valence-corrected chi connectivity index (χ3v) is 11.3. The Morgan fingerprint density at radius 3 is 2.44 bits per heavy atom. The van der Waals surface area contributed by atoms with Gasteiger partial charge in [-0.05, 0) is 72.1 Å². The first-order valence-electron chi connectivity index (χ1n) is 17.3. The summed E-state index contributed by atoms with van der Waals surface area (Å²) in [5, 5.41) is 2.58. The van der Waals surface area contributed by atoms with Crippen LogP contribution >= 0.6 is 0 Å². The van der Waals surface area contributed by atoms with Gasteiger partial charge in [0.15, 0.2) is 0 Å². The van der Waals surface area contributed by atoms with Gasteiger partial charge in [-0.2, -0.15) is 6.07 Å². The van der Waals surface area contributed by atoms with Crippen molar-refractivity contribution in [1.29, 1.82) is 0 Å². The summed E-state index contributed by atoms with van der Waals surface area (Å²) >= 11 is 0. The van der Waals surface area contributed by atoms with Crippen LogP contribution in [0.25, 0.3) is 44.6 Å². The van der Waals surface area contributed by atoms with Crippen LogP contribution in [0.15, 0.2) is 83.7 Å². The zero-order valence-electron chi connectivity index (χ0n) is 29.2. The Morgan fingerprint density at radius 2 is 1.71 bits per heavy atom. The molecule has 1 radical (unpaired) electrons. The number of fused-ring (bicyclic) bond motifs is 3. The second-order valence-electron chi connectivity index (χ2n) is 14.6. The maximum Gasteiger partial charge on any atom is 0.119 e. The molecular weight excluding hydrogens is 783 g/mol. The van der Waals surface area contributed by atoms with Gasteiger partial charge in [0, 0.05) is 37.9 Å². The van der Waals surface area contributed by atoms with Crippen molar-refractivity contribution in [2.75, 3.05) is 0 Å². The van der Waals surface area contributed by atoms with Crippen molar-refractivity contribution < 1.29 is 24.5 Å². The van der Waals surface area contributed by atoms with Crippen molar-refractivity contribution in [1.82, 2.24) is 15.0 Å². The topological polar surface area (TPSA) is 51.8 Å². The zero-order valence-corrected chi connectivity index (χ0v) is 32.6. The Morgan fingerprint density at radius 1 is 0.896 bits per heavy atom. The van der Waals surface area contributed by atoms with Crippen LogP contribution in [0.4, 0.5) is 0 Å². The predicted octanol–water partition coefficient (Wildman–Crippen LogP) is 10.6. The van der Waals surface area contributed by atoms with Crippen LogP contribution in [0.2, 0.25) is 19.6 Å². The Kier molecular flexibility index (Phi) is 11.8. The van der Waals surface area contributed by atoms with Crippen LogP contribution in [0.5, 0.6) is 0 Å². The quantitative estimate of drug-likeness (QED) is 0.119. The van der Waals surface area contributed by atoms with Gasteiger partial charge in [0.1, 0.15) is 5.58 Å². The van der Waals surface area contributed by atoms with E-state index >= 15 is 0 Å². The van der Waals surface area contributed by atoms with E-state index in [1.165, 1.54) is 54.0 Å². The van der Waals surface area contributed by atoms with Crippen LogP contribution in [-0.4, -0.2) is 23.0 Å². The fourth-order valence-corrected chi connectivity index (χ4v) is 8.54. The molecule has 4 heterocycles. The first-order valence-corrected chi connectivity index (χ1v) is 20.8. The van der Waals surface area contributed by atoms with E-state index in [2.05, 4.69) is 104 Å². The largest absolute Gasteiger partial charge is 0.513 e. The molecule has 0 atom stereocenters. The molecule has 6 heteroatoms. The van der Waals surface area contributed by atoms with E-state index in [9.17, 15) is 0 Å². The zero-order chi connectivity index (χ0) is 33.0. The van der Waals surface area contributed by atoms with Gasteiger partial charge in [0.05, 0.1) is 19.2 Å². The van der Waals surface area contributed by atoms with Crippen LogP contribution in [0, 0.1) is 30.9 Å². The van der Waals surface area contributed by atoms with E-state index in [0.717, 1.165) is 63.3 Å². The molecule has 0 unspecified atom stereocenters. The molecule has 6 aromatic rings. The predicted molar refractivity (Wildman–Crippen MR) is 199 cm³/mol. The van der Waals surface area contributed by atoms with Crippen molar-refractivity contribution in [3.63, 3.8) is 0 Å². The molecule has 1 aliphatic rings. The number of rotatable bonds is 7. The molecular formula is C42H47IrN3OSi-2. The summed E-state index contributed by atoms with van der Waals surface area (Å²) in [7, 11) is -1.34. The van der Waals surface area contributed by atoms with Crippen molar-refractivity contribution in [3.05, 3.63) is 108 Å². The summed E-state index contributed by atoms with van der Waals surface area (Å²) in [4.78, 5) is 13.9. The van der Waals surface area contributed by atoms with Gasteiger partial charge in [-0.25, -0.2) is 0 Å². The number of pyridine rings is 3. The smallest absolute Gasteiger partial charge is 0.119 e. The molecule has 0 saturated heterocycles. The first kappa shape index (κ1) is 35.9. The Bertz CT molecular complexity index is 1960. The van der Waals surface area contributed by atoms with Gasteiger partial charge >= 0.3 is 0 Å². The van der Waals surface area contributed by atoms with Crippen LogP contribution in [0.3, 0.4) is 0 Å². The molecule has 1 saturated carbocycles. The minimum Gasteiger partial charge on any atom is -0.513 e. The SMILES string of the molecule is CC(C)Cc1cc(-c2[c-]cccc2)ncc1[Si](C)(C)C.Cc1cccc2oc3c(-c4cc(CC5CCCCC5)ccn4)[c-]cnc3c12.[Ir]. The Balaban J connectivity index is 0.000000193. The van der Waals surface area contributed by atoms with Crippen molar-refractivity contribution >= 4 is 35.3 Å². The number of hydrogen-bond acceptors (Lipinski definition) is 4. The van der Waals surface area contributed by atoms with Crippen molar-refractivity contribution in [3.8, 4) is 22.5 Å². The van der Waals surface area contributed by atoms with Gasteiger partial charge in [-0.15, -0.1) is 41.5 Å². The van der Waals surface area contributed by atoms with Gasteiger partial charge in [-0.3, -0.25) is 4.98 Å². The fraction of sp³-hybridized carbons (Fsp3) is 0.357. The second-order valence-corrected chi connectivity index (χ2v) is 19.7. The average molecular weight is 830 g/mol. The van der Waals surface area contributed by atoms with Gasteiger partial charge < -0.3 is 14.4 Å². The molecule has 7 rings (SSSR count). The monoisotopic (exact) mass is 830 g/mol. The molecule has 2 aromatic carbocycles. The van der Waals surface area contributed by atoms with E-state index < -0.39 is 8.07 Å². The maximum atomic E-state index is 6.17. The maximum absolute atomic E-state index is 6.17. The number of furan rings is 1.